The Morgan fingerprint density at radius 3 is 2.59 bits per heavy atom. The Morgan fingerprint density at radius 2 is 2.12 bits per heavy atom. The van der Waals surface area contributed by atoms with Crippen LogP contribution in [-0.4, -0.2) is 17.4 Å². The van der Waals surface area contributed by atoms with E-state index < -0.39 is 11.4 Å². The Labute approximate surface area is 100 Å². The van der Waals surface area contributed by atoms with Crippen LogP contribution in [0.15, 0.2) is 18.2 Å². The van der Waals surface area contributed by atoms with Gasteiger partial charge in [-0.1, -0.05) is 19.9 Å². The summed E-state index contributed by atoms with van der Waals surface area (Å²) >= 11 is 0. The lowest BCUT2D eigenvalue weighted by atomic mass is 9.81. The number of nitrogens with zero attached hydrogens (tertiary/aromatic N) is 1. The second kappa shape index (κ2) is 5.72. The fraction of sp³-hybridized carbons (Fsp3) is 0.500. The molecule has 1 aromatic heterocycles. The van der Waals surface area contributed by atoms with Crippen molar-refractivity contribution >= 4 is 11.7 Å². The van der Waals surface area contributed by atoms with Gasteiger partial charge in [0.15, 0.2) is 0 Å². The number of hydrogen-bond donors (Lipinski definition) is 2. The SMILES string of the molecule is CCC(CC)(CN)C(=O)Nc1cccc(F)n1. The van der Waals surface area contributed by atoms with Crippen molar-refractivity contribution in [2.24, 2.45) is 11.1 Å². The van der Waals surface area contributed by atoms with E-state index in [1.807, 2.05) is 13.8 Å². The molecule has 0 aromatic carbocycles. The molecule has 0 saturated heterocycles. The van der Waals surface area contributed by atoms with Crippen LogP contribution in [0.4, 0.5) is 10.2 Å². The van der Waals surface area contributed by atoms with Crippen LogP contribution < -0.4 is 11.1 Å². The van der Waals surface area contributed by atoms with Gasteiger partial charge in [-0.2, -0.15) is 4.39 Å². The number of aromatic nitrogens is 1. The second-order valence-corrected chi connectivity index (χ2v) is 3.99. The molecular formula is C12H18FN3O. The van der Waals surface area contributed by atoms with Gasteiger partial charge in [-0.15, -0.1) is 0 Å². The highest BCUT2D eigenvalue weighted by atomic mass is 19.1. The summed E-state index contributed by atoms with van der Waals surface area (Å²) in [5, 5.41) is 2.61. The Kier molecular flexibility index (Phi) is 4.57. The van der Waals surface area contributed by atoms with Crippen molar-refractivity contribution in [3.63, 3.8) is 0 Å². The van der Waals surface area contributed by atoms with Crippen LogP contribution >= 0.6 is 0 Å². The highest BCUT2D eigenvalue weighted by Gasteiger charge is 2.33. The van der Waals surface area contributed by atoms with E-state index in [2.05, 4.69) is 10.3 Å². The number of rotatable bonds is 5. The van der Waals surface area contributed by atoms with Gasteiger partial charge in [0.1, 0.15) is 5.82 Å². The summed E-state index contributed by atoms with van der Waals surface area (Å²) in [7, 11) is 0. The van der Waals surface area contributed by atoms with E-state index in [1.54, 1.807) is 6.07 Å². The number of nitrogens with two attached hydrogens (primary N) is 1. The Balaban J connectivity index is 2.84. The van der Waals surface area contributed by atoms with Gasteiger partial charge < -0.3 is 11.1 Å². The number of anilines is 1. The van der Waals surface area contributed by atoms with Gasteiger partial charge in [0.25, 0.3) is 0 Å². The second-order valence-electron chi connectivity index (χ2n) is 3.99. The first-order valence-corrected chi connectivity index (χ1v) is 5.72. The molecule has 5 heteroatoms. The van der Waals surface area contributed by atoms with Gasteiger partial charge >= 0.3 is 0 Å². The molecule has 0 bridgehead atoms. The molecule has 0 aliphatic rings. The van der Waals surface area contributed by atoms with E-state index in [0.717, 1.165) is 0 Å². The number of hydrogen-bond acceptors (Lipinski definition) is 3. The third kappa shape index (κ3) is 3.00. The van der Waals surface area contributed by atoms with Crippen molar-refractivity contribution in [3.05, 3.63) is 24.1 Å². The monoisotopic (exact) mass is 239 g/mol. The fourth-order valence-electron chi connectivity index (χ4n) is 1.68. The maximum atomic E-state index is 12.9. The van der Waals surface area contributed by atoms with Crippen molar-refractivity contribution in [2.75, 3.05) is 11.9 Å². The van der Waals surface area contributed by atoms with Crippen LogP contribution in [0.25, 0.3) is 0 Å². The quantitative estimate of drug-likeness (QED) is 0.771. The van der Waals surface area contributed by atoms with E-state index in [4.69, 9.17) is 5.73 Å². The topological polar surface area (TPSA) is 68.0 Å². The van der Waals surface area contributed by atoms with Crippen LogP contribution in [0.1, 0.15) is 26.7 Å². The van der Waals surface area contributed by atoms with Crippen molar-refractivity contribution < 1.29 is 9.18 Å². The Morgan fingerprint density at radius 1 is 1.47 bits per heavy atom. The normalized spacial score (nSPS) is 11.3. The first-order chi connectivity index (χ1) is 8.07. The van der Waals surface area contributed by atoms with E-state index in [9.17, 15) is 9.18 Å². The van der Waals surface area contributed by atoms with Crippen LogP contribution in [0.5, 0.6) is 0 Å². The van der Waals surface area contributed by atoms with E-state index in [1.165, 1.54) is 12.1 Å². The van der Waals surface area contributed by atoms with Crippen LogP contribution in [0, 0.1) is 11.4 Å². The van der Waals surface area contributed by atoms with E-state index in [-0.39, 0.29) is 18.3 Å². The zero-order valence-electron chi connectivity index (χ0n) is 10.2. The summed E-state index contributed by atoms with van der Waals surface area (Å²) in [6.07, 6.45) is 1.28. The van der Waals surface area contributed by atoms with Crippen LogP contribution in [0.2, 0.25) is 0 Å². The number of nitrogens with one attached hydrogen (secondary N) is 1. The highest BCUT2D eigenvalue weighted by Crippen LogP contribution is 2.26. The molecule has 0 aliphatic heterocycles. The molecule has 0 radical (unpaired) electrons. The van der Waals surface area contributed by atoms with Crippen LogP contribution in [0.3, 0.4) is 0 Å². The molecule has 17 heavy (non-hydrogen) atoms. The lowest BCUT2D eigenvalue weighted by Crippen LogP contribution is -2.41. The number of pyridine rings is 1. The molecule has 3 N–H and O–H groups in total. The zero-order chi connectivity index (χ0) is 12.9. The van der Waals surface area contributed by atoms with Gasteiger partial charge in [0.05, 0.1) is 5.41 Å². The summed E-state index contributed by atoms with van der Waals surface area (Å²) in [5.74, 6) is -0.605. The molecule has 1 amide bonds. The summed E-state index contributed by atoms with van der Waals surface area (Å²) in [5.41, 5.74) is 5.05. The Hall–Kier alpha value is -1.49. The number of carbonyl (C=O) groups excluding carboxylic acids is 1. The third-order valence-electron chi connectivity index (χ3n) is 3.18. The zero-order valence-corrected chi connectivity index (χ0v) is 10.2. The maximum Gasteiger partial charge on any atom is 0.233 e. The number of amides is 1. The molecule has 0 spiro atoms. The van der Waals surface area contributed by atoms with Crippen molar-refractivity contribution in [1.29, 1.82) is 0 Å². The van der Waals surface area contributed by atoms with Gasteiger partial charge in [0, 0.05) is 6.54 Å². The lowest BCUT2D eigenvalue weighted by Gasteiger charge is -2.28. The minimum atomic E-state index is -0.617. The average Bonchev–Trinajstić information content (AvgIpc) is 2.32. The molecule has 4 nitrogen and oxygen atoms in total. The fourth-order valence-corrected chi connectivity index (χ4v) is 1.68. The summed E-state index contributed by atoms with van der Waals surface area (Å²) in [6.45, 7) is 4.09. The van der Waals surface area contributed by atoms with E-state index in [0.29, 0.717) is 12.8 Å². The third-order valence-corrected chi connectivity index (χ3v) is 3.18. The average molecular weight is 239 g/mol. The number of halogens is 1. The first-order valence-electron chi connectivity index (χ1n) is 5.72. The van der Waals surface area contributed by atoms with E-state index >= 15 is 0 Å². The molecule has 0 atom stereocenters. The van der Waals surface area contributed by atoms with Crippen LogP contribution in [-0.2, 0) is 4.79 Å². The minimum absolute atomic E-state index is 0.205. The predicted octanol–water partition coefficient (Wildman–Crippen LogP) is 1.92. The molecule has 1 heterocycles. The standard InChI is InChI=1S/C12H18FN3O/c1-3-12(4-2,8-14)11(17)16-10-7-5-6-9(13)15-10/h5-7H,3-4,8,14H2,1-2H3,(H,15,16,17). The van der Waals surface area contributed by atoms with Crippen molar-refractivity contribution in [3.8, 4) is 0 Å². The largest absolute Gasteiger partial charge is 0.329 e. The molecular weight excluding hydrogens is 221 g/mol. The van der Waals surface area contributed by atoms with Gasteiger partial charge in [0.2, 0.25) is 11.9 Å². The Bertz CT molecular complexity index is 383. The molecule has 0 fully saturated rings. The maximum absolute atomic E-state index is 12.9. The lowest BCUT2D eigenvalue weighted by molar-refractivity contribution is -0.125. The minimum Gasteiger partial charge on any atom is -0.329 e. The molecule has 0 aliphatic carbocycles. The molecule has 0 unspecified atom stereocenters. The summed E-state index contributed by atoms with van der Waals surface area (Å²) < 4.78 is 12.9. The predicted molar refractivity (Wildman–Crippen MR) is 64.9 cm³/mol. The van der Waals surface area contributed by atoms with Crippen molar-refractivity contribution in [2.45, 2.75) is 26.7 Å². The van der Waals surface area contributed by atoms with Gasteiger partial charge in [-0.05, 0) is 25.0 Å². The molecule has 94 valence electrons. The molecule has 0 saturated carbocycles. The highest BCUT2D eigenvalue weighted by molar-refractivity contribution is 5.94. The molecule has 1 rings (SSSR count). The number of carbonyl (C=O) groups is 1. The van der Waals surface area contributed by atoms with Crippen molar-refractivity contribution in [1.82, 2.24) is 4.98 Å². The first kappa shape index (κ1) is 13.6. The van der Waals surface area contributed by atoms with Gasteiger partial charge in [-0.25, -0.2) is 4.98 Å². The molecule has 1 aromatic rings. The summed E-state index contributed by atoms with van der Waals surface area (Å²) in [4.78, 5) is 15.7. The summed E-state index contributed by atoms with van der Waals surface area (Å²) in [6, 6.07) is 4.28. The smallest absolute Gasteiger partial charge is 0.233 e. The van der Waals surface area contributed by atoms with Gasteiger partial charge in [-0.3, -0.25) is 4.79 Å².